The molecule has 0 radical (unpaired) electrons. The number of para-hydroxylation sites is 1. The first kappa shape index (κ1) is 16.5. The van der Waals surface area contributed by atoms with Crippen LogP contribution in [-0.4, -0.2) is 37.8 Å². The Balaban J connectivity index is 1.58. The second-order valence-electron chi connectivity index (χ2n) is 5.95. The number of aromatic nitrogens is 1. The van der Waals surface area contributed by atoms with Crippen molar-refractivity contribution in [1.82, 2.24) is 4.98 Å². The summed E-state index contributed by atoms with van der Waals surface area (Å²) in [7, 11) is 1.76. The minimum absolute atomic E-state index is 0.0929. The lowest BCUT2D eigenvalue weighted by atomic mass is 10.0. The molecule has 1 aliphatic heterocycles. The Hall–Kier alpha value is -2.40. The van der Waals surface area contributed by atoms with Gasteiger partial charge in [-0.05, 0) is 37.0 Å². The van der Waals surface area contributed by atoms with Crippen LogP contribution in [0.4, 0.5) is 5.69 Å². The number of hydrogen-bond acceptors (Lipinski definition) is 4. The minimum atomic E-state index is -0.0929. The molecule has 1 amide bonds. The van der Waals surface area contributed by atoms with E-state index in [1.165, 1.54) is 0 Å². The number of hydrogen-bond donors (Lipinski definition) is 0. The third-order valence-electron chi connectivity index (χ3n) is 4.24. The monoisotopic (exact) mass is 326 g/mol. The molecule has 3 rings (SSSR count). The third kappa shape index (κ3) is 4.11. The predicted octanol–water partition coefficient (Wildman–Crippen LogP) is 3.16. The van der Waals surface area contributed by atoms with Crippen LogP contribution in [0.3, 0.4) is 0 Å². The van der Waals surface area contributed by atoms with Gasteiger partial charge in [-0.1, -0.05) is 18.2 Å². The van der Waals surface area contributed by atoms with Crippen molar-refractivity contribution in [3.05, 3.63) is 54.2 Å². The number of benzene rings is 1. The van der Waals surface area contributed by atoms with Gasteiger partial charge in [0.15, 0.2) is 0 Å². The summed E-state index contributed by atoms with van der Waals surface area (Å²) in [4.78, 5) is 18.4. The van der Waals surface area contributed by atoms with Crippen molar-refractivity contribution >= 4 is 11.6 Å². The molecule has 1 aliphatic rings. The van der Waals surface area contributed by atoms with Crippen LogP contribution in [0, 0.1) is 5.92 Å². The molecule has 1 aromatic heterocycles. The summed E-state index contributed by atoms with van der Waals surface area (Å²) in [5.41, 5.74) is 1.39. The molecule has 1 fully saturated rings. The van der Waals surface area contributed by atoms with Gasteiger partial charge >= 0.3 is 0 Å². The molecule has 2 heterocycles. The summed E-state index contributed by atoms with van der Waals surface area (Å²) in [6.45, 7) is 2.26. The van der Waals surface area contributed by atoms with Crippen molar-refractivity contribution in [3.8, 4) is 5.88 Å². The number of carbonyl (C=O) groups excluding carboxylic acids is 1. The molecule has 1 aromatic carbocycles. The highest BCUT2D eigenvalue weighted by Gasteiger charge is 2.16. The van der Waals surface area contributed by atoms with E-state index in [2.05, 4.69) is 4.98 Å². The molecule has 0 aliphatic carbocycles. The fourth-order valence-corrected chi connectivity index (χ4v) is 2.67. The first-order valence-corrected chi connectivity index (χ1v) is 8.24. The molecule has 0 N–H and O–H groups in total. The van der Waals surface area contributed by atoms with E-state index in [-0.39, 0.29) is 5.91 Å². The van der Waals surface area contributed by atoms with Gasteiger partial charge in [-0.2, -0.15) is 0 Å². The first-order valence-electron chi connectivity index (χ1n) is 8.24. The molecule has 0 spiro atoms. The van der Waals surface area contributed by atoms with Crippen LogP contribution >= 0.6 is 0 Å². The summed E-state index contributed by atoms with van der Waals surface area (Å²) < 4.78 is 11.1. The van der Waals surface area contributed by atoms with Gasteiger partial charge in [-0.15, -0.1) is 0 Å². The minimum Gasteiger partial charge on any atom is -0.477 e. The fourth-order valence-electron chi connectivity index (χ4n) is 2.67. The number of pyridine rings is 1. The summed E-state index contributed by atoms with van der Waals surface area (Å²) in [6.07, 6.45) is 3.62. The van der Waals surface area contributed by atoms with Gasteiger partial charge in [0, 0.05) is 38.2 Å². The van der Waals surface area contributed by atoms with E-state index in [1.807, 2.05) is 30.3 Å². The van der Waals surface area contributed by atoms with E-state index in [1.54, 1.807) is 30.3 Å². The Morgan fingerprint density at radius 1 is 1.21 bits per heavy atom. The number of ether oxygens (including phenoxy) is 2. The summed E-state index contributed by atoms with van der Waals surface area (Å²) in [5, 5.41) is 0. The molecule has 0 unspecified atom stereocenters. The molecule has 0 bridgehead atoms. The van der Waals surface area contributed by atoms with E-state index in [0.717, 1.165) is 31.7 Å². The average Bonchev–Trinajstić information content (AvgIpc) is 2.67. The number of nitrogens with zero attached hydrogens (tertiary/aromatic N) is 2. The van der Waals surface area contributed by atoms with Crippen molar-refractivity contribution < 1.29 is 14.3 Å². The lowest BCUT2D eigenvalue weighted by Crippen LogP contribution is -2.26. The molecule has 126 valence electrons. The highest BCUT2D eigenvalue weighted by atomic mass is 16.5. The smallest absolute Gasteiger partial charge is 0.259 e. The van der Waals surface area contributed by atoms with Gasteiger partial charge in [0.1, 0.15) is 0 Å². The molecule has 0 saturated carbocycles. The van der Waals surface area contributed by atoms with E-state index >= 15 is 0 Å². The Labute approximate surface area is 142 Å². The van der Waals surface area contributed by atoms with Crippen LogP contribution in [0.25, 0.3) is 0 Å². The molecule has 0 atom stereocenters. The van der Waals surface area contributed by atoms with Crippen LogP contribution in [0.1, 0.15) is 23.2 Å². The number of carbonyl (C=O) groups is 1. The standard InChI is InChI=1S/C19H22N2O3/c1-21(17-5-3-2-4-6-17)19(22)16-7-8-18(20-13-16)24-14-15-9-11-23-12-10-15/h2-8,13,15H,9-12,14H2,1H3. The van der Waals surface area contributed by atoms with Crippen molar-refractivity contribution in [2.45, 2.75) is 12.8 Å². The molecule has 1 saturated heterocycles. The normalized spacial score (nSPS) is 15.0. The quantitative estimate of drug-likeness (QED) is 0.847. The van der Waals surface area contributed by atoms with E-state index in [0.29, 0.717) is 24.0 Å². The molecule has 5 heteroatoms. The SMILES string of the molecule is CN(C(=O)c1ccc(OCC2CCOCC2)nc1)c1ccccc1. The maximum atomic E-state index is 12.5. The molecule has 24 heavy (non-hydrogen) atoms. The summed E-state index contributed by atoms with van der Waals surface area (Å²) in [6, 6.07) is 13.1. The number of rotatable bonds is 5. The van der Waals surface area contributed by atoms with Gasteiger partial charge in [0.25, 0.3) is 5.91 Å². The lowest BCUT2D eigenvalue weighted by Gasteiger charge is -2.21. The highest BCUT2D eigenvalue weighted by Crippen LogP contribution is 2.18. The van der Waals surface area contributed by atoms with Crippen LogP contribution in [-0.2, 0) is 4.74 Å². The van der Waals surface area contributed by atoms with Crippen LogP contribution in [0.5, 0.6) is 5.88 Å². The Morgan fingerprint density at radius 3 is 2.62 bits per heavy atom. The third-order valence-corrected chi connectivity index (χ3v) is 4.24. The highest BCUT2D eigenvalue weighted by molar-refractivity contribution is 6.05. The second kappa shape index (κ2) is 7.93. The van der Waals surface area contributed by atoms with Crippen LogP contribution < -0.4 is 9.64 Å². The summed E-state index contributed by atoms with van der Waals surface area (Å²) in [5.74, 6) is 0.983. The van der Waals surface area contributed by atoms with Gasteiger partial charge in [-0.25, -0.2) is 4.98 Å². The van der Waals surface area contributed by atoms with E-state index in [4.69, 9.17) is 9.47 Å². The van der Waals surface area contributed by atoms with Gasteiger partial charge in [-0.3, -0.25) is 4.79 Å². The fraction of sp³-hybridized carbons (Fsp3) is 0.368. The molecule has 2 aromatic rings. The summed E-state index contributed by atoms with van der Waals surface area (Å²) >= 11 is 0. The lowest BCUT2D eigenvalue weighted by molar-refractivity contribution is 0.0490. The number of amides is 1. The average molecular weight is 326 g/mol. The Kier molecular flexibility index (Phi) is 5.43. The van der Waals surface area contributed by atoms with Gasteiger partial charge in [0.2, 0.25) is 5.88 Å². The van der Waals surface area contributed by atoms with Gasteiger partial charge < -0.3 is 14.4 Å². The van der Waals surface area contributed by atoms with Crippen LogP contribution in [0.2, 0.25) is 0 Å². The van der Waals surface area contributed by atoms with Crippen molar-refractivity contribution in [2.75, 3.05) is 31.8 Å². The zero-order valence-corrected chi connectivity index (χ0v) is 13.9. The maximum Gasteiger partial charge on any atom is 0.259 e. The first-order chi connectivity index (χ1) is 11.7. The molecular formula is C19H22N2O3. The van der Waals surface area contributed by atoms with E-state index < -0.39 is 0 Å². The topological polar surface area (TPSA) is 51.7 Å². The zero-order chi connectivity index (χ0) is 16.8. The van der Waals surface area contributed by atoms with Crippen LogP contribution in [0.15, 0.2) is 48.7 Å². The predicted molar refractivity (Wildman–Crippen MR) is 92.5 cm³/mol. The number of anilines is 1. The second-order valence-corrected chi connectivity index (χ2v) is 5.95. The molecular weight excluding hydrogens is 304 g/mol. The van der Waals surface area contributed by atoms with Crippen molar-refractivity contribution in [1.29, 1.82) is 0 Å². The largest absolute Gasteiger partial charge is 0.477 e. The van der Waals surface area contributed by atoms with Crippen molar-refractivity contribution in [3.63, 3.8) is 0 Å². The maximum absolute atomic E-state index is 12.5. The Bertz CT molecular complexity index is 652. The Morgan fingerprint density at radius 2 is 1.96 bits per heavy atom. The van der Waals surface area contributed by atoms with Crippen molar-refractivity contribution in [2.24, 2.45) is 5.92 Å². The molecule has 5 nitrogen and oxygen atoms in total. The van der Waals surface area contributed by atoms with Gasteiger partial charge in [0.05, 0.1) is 12.2 Å². The van der Waals surface area contributed by atoms with E-state index in [9.17, 15) is 4.79 Å². The zero-order valence-electron chi connectivity index (χ0n) is 13.9.